The molecule has 7 heteroatoms. The summed E-state index contributed by atoms with van der Waals surface area (Å²) in [5, 5.41) is 19.3. The van der Waals surface area contributed by atoms with Gasteiger partial charge in [0.05, 0.1) is 41.1 Å². The van der Waals surface area contributed by atoms with E-state index < -0.39 is 0 Å². The van der Waals surface area contributed by atoms with Crippen molar-refractivity contribution in [1.29, 1.82) is 0 Å². The molecule has 0 unspecified atom stereocenters. The van der Waals surface area contributed by atoms with Crippen LogP contribution in [0.15, 0.2) is 36.4 Å². The van der Waals surface area contributed by atoms with Crippen molar-refractivity contribution in [3.05, 3.63) is 47.0 Å². The van der Waals surface area contributed by atoms with E-state index in [0.29, 0.717) is 23.9 Å². The highest BCUT2D eigenvalue weighted by Crippen LogP contribution is 2.48. The number of H-pyrrole nitrogens is 1. The number of aromatic nitrogens is 2. The van der Waals surface area contributed by atoms with Crippen molar-refractivity contribution in [3.8, 4) is 17.1 Å². The summed E-state index contributed by atoms with van der Waals surface area (Å²) in [6.07, 6.45) is 3.47. The van der Waals surface area contributed by atoms with Gasteiger partial charge in [0.2, 0.25) is 0 Å². The molecule has 3 N–H and O–H groups in total. The molecule has 1 saturated heterocycles. The minimum absolute atomic E-state index is 0.0432. The highest BCUT2D eigenvalue weighted by molar-refractivity contribution is 6.33. The van der Waals surface area contributed by atoms with Crippen molar-refractivity contribution in [2.45, 2.75) is 43.3 Å². The van der Waals surface area contributed by atoms with Gasteiger partial charge in [-0.15, -0.1) is 0 Å². The van der Waals surface area contributed by atoms with Crippen LogP contribution in [0.1, 0.15) is 31.2 Å². The lowest BCUT2D eigenvalue weighted by Crippen LogP contribution is -2.16. The molecule has 0 amide bonds. The Kier molecular flexibility index (Phi) is 5.19. The zero-order valence-corrected chi connectivity index (χ0v) is 17.4. The smallest absolute Gasteiger partial charge is 0.193 e. The summed E-state index contributed by atoms with van der Waals surface area (Å²) < 4.78 is 11.7. The average molecular weight is 429 g/mol. The fourth-order valence-corrected chi connectivity index (χ4v) is 4.48. The number of aromatic amines is 1. The van der Waals surface area contributed by atoms with Gasteiger partial charge in [-0.3, -0.25) is 0 Å². The molecule has 1 aliphatic carbocycles. The first-order valence-corrected chi connectivity index (χ1v) is 10.8. The number of benzene rings is 1. The number of aliphatic hydroxyl groups is 2. The van der Waals surface area contributed by atoms with Gasteiger partial charge in [0.25, 0.3) is 0 Å². The second-order valence-electron chi connectivity index (χ2n) is 8.34. The maximum Gasteiger partial charge on any atom is 0.193 e. The van der Waals surface area contributed by atoms with Gasteiger partial charge in [-0.05, 0) is 30.9 Å². The zero-order chi connectivity index (χ0) is 20.7. The Balaban J connectivity index is 1.36. The van der Waals surface area contributed by atoms with Gasteiger partial charge in [-0.2, -0.15) is 0 Å². The van der Waals surface area contributed by atoms with Crippen LogP contribution in [-0.4, -0.2) is 52.2 Å². The summed E-state index contributed by atoms with van der Waals surface area (Å²) in [6, 6.07) is 11.9. The van der Waals surface area contributed by atoms with E-state index in [2.05, 4.69) is 17.1 Å². The summed E-state index contributed by atoms with van der Waals surface area (Å²) in [6.45, 7) is 0.828. The van der Waals surface area contributed by atoms with Crippen molar-refractivity contribution in [2.75, 3.05) is 19.8 Å². The molecule has 3 heterocycles. The van der Waals surface area contributed by atoms with Gasteiger partial charge in [-0.1, -0.05) is 35.9 Å². The molecular formula is C23H25ClN2O4. The molecule has 0 bridgehead atoms. The standard InChI is InChI=1S/C23H25ClN2O4/c24-18-10-19-20(11-21(25-19)30-17-9-16(5-8-27)29-12-17)26-22(18)14-1-3-15(4-2-14)23(13-28)6-7-23/h1-4,10-11,16-17,25,27-28H,5-9,12-13H2/t16-,17+/m1/s1. The predicted octanol–water partition coefficient (Wildman–Crippen LogP) is 3.83. The monoisotopic (exact) mass is 428 g/mol. The fourth-order valence-electron chi connectivity index (χ4n) is 4.22. The molecule has 5 rings (SSSR count). The second kappa shape index (κ2) is 7.85. The Morgan fingerprint density at radius 1 is 1.20 bits per heavy atom. The molecule has 0 radical (unpaired) electrons. The summed E-state index contributed by atoms with van der Waals surface area (Å²) in [5.41, 5.74) is 4.39. The van der Waals surface area contributed by atoms with Crippen LogP contribution in [0.4, 0.5) is 0 Å². The van der Waals surface area contributed by atoms with Crippen LogP contribution in [0.5, 0.6) is 5.88 Å². The quantitative estimate of drug-likeness (QED) is 0.532. The molecule has 1 saturated carbocycles. The molecule has 2 fully saturated rings. The van der Waals surface area contributed by atoms with Crippen LogP contribution >= 0.6 is 11.6 Å². The number of pyridine rings is 1. The normalized spacial score (nSPS) is 22.5. The van der Waals surface area contributed by atoms with Crippen molar-refractivity contribution >= 4 is 22.6 Å². The molecule has 1 aliphatic heterocycles. The lowest BCUT2D eigenvalue weighted by molar-refractivity contribution is 0.0761. The van der Waals surface area contributed by atoms with Crippen molar-refractivity contribution < 1.29 is 19.7 Å². The van der Waals surface area contributed by atoms with E-state index in [0.717, 1.165) is 41.6 Å². The van der Waals surface area contributed by atoms with Crippen molar-refractivity contribution in [1.82, 2.24) is 9.97 Å². The maximum absolute atomic E-state index is 9.64. The Hall–Kier alpha value is -2.12. The summed E-state index contributed by atoms with van der Waals surface area (Å²) >= 11 is 6.53. The summed E-state index contributed by atoms with van der Waals surface area (Å²) in [7, 11) is 0. The molecule has 2 aromatic heterocycles. The van der Waals surface area contributed by atoms with Gasteiger partial charge in [0.1, 0.15) is 6.10 Å². The van der Waals surface area contributed by atoms with Crippen LogP contribution < -0.4 is 4.74 Å². The van der Waals surface area contributed by atoms with E-state index in [1.807, 2.05) is 24.3 Å². The Morgan fingerprint density at radius 2 is 2.00 bits per heavy atom. The topological polar surface area (TPSA) is 87.6 Å². The molecule has 3 aromatic rings. The first-order chi connectivity index (χ1) is 14.6. The predicted molar refractivity (Wildman–Crippen MR) is 115 cm³/mol. The molecule has 2 aliphatic rings. The molecule has 6 nitrogen and oxygen atoms in total. The van der Waals surface area contributed by atoms with Crippen LogP contribution in [0.3, 0.4) is 0 Å². The van der Waals surface area contributed by atoms with E-state index in [-0.39, 0.29) is 30.8 Å². The Bertz CT molecular complexity index is 1050. The Morgan fingerprint density at radius 3 is 2.70 bits per heavy atom. The first kappa shape index (κ1) is 19.8. The van der Waals surface area contributed by atoms with Gasteiger partial charge >= 0.3 is 0 Å². The van der Waals surface area contributed by atoms with Gasteiger partial charge in [-0.25, -0.2) is 4.98 Å². The lowest BCUT2D eigenvalue weighted by Gasteiger charge is -2.13. The number of fused-ring (bicyclic) bond motifs is 1. The second-order valence-corrected chi connectivity index (χ2v) is 8.75. The zero-order valence-electron chi connectivity index (χ0n) is 16.6. The lowest BCUT2D eigenvalue weighted by atomic mass is 9.95. The van der Waals surface area contributed by atoms with Crippen LogP contribution in [0, 0.1) is 0 Å². The van der Waals surface area contributed by atoms with Crippen molar-refractivity contribution in [2.24, 2.45) is 0 Å². The SMILES string of the molecule is OCC[C@@H]1C[C@H](Oc2cc3nc(-c4ccc(C5(CO)CC5)cc4)c(Cl)cc3[nH]2)CO1. The van der Waals surface area contributed by atoms with Crippen LogP contribution in [-0.2, 0) is 10.2 Å². The first-order valence-electron chi connectivity index (χ1n) is 10.4. The maximum atomic E-state index is 9.64. The number of hydrogen-bond donors (Lipinski definition) is 3. The van der Waals surface area contributed by atoms with E-state index in [4.69, 9.17) is 31.2 Å². The minimum atomic E-state index is -0.0489. The number of aliphatic hydroxyl groups excluding tert-OH is 2. The molecule has 158 valence electrons. The fraction of sp³-hybridized carbons (Fsp3) is 0.435. The molecular weight excluding hydrogens is 404 g/mol. The third-order valence-corrected chi connectivity index (χ3v) is 6.53. The molecule has 30 heavy (non-hydrogen) atoms. The third-order valence-electron chi connectivity index (χ3n) is 6.25. The van der Waals surface area contributed by atoms with Crippen LogP contribution in [0.25, 0.3) is 22.3 Å². The van der Waals surface area contributed by atoms with E-state index in [9.17, 15) is 5.11 Å². The van der Waals surface area contributed by atoms with E-state index in [1.165, 1.54) is 5.56 Å². The van der Waals surface area contributed by atoms with Gasteiger partial charge in [0.15, 0.2) is 5.88 Å². The van der Waals surface area contributed by atoms with E-state index >= 15 is 0 Å². The van der Waals surface area contributed by atoms with Gasteiger partial charge < -0.3 is 24.7 Å². The number of rotatable bonds is 7. The van der Waals surface area contributed by atoms with Crippen molar-refractivity contribution in [3.63, 3.8) is 0 Å². The Labute approximate surface area is 179 Å². The average Bonchev–Trinajstić information content (AvgIpc) is 3.28. The number of halogens is 1. The van der Waals surface area contributed by atoms with Crippen LogP contribution in [0.2, 0.25) is 5.02 Å². The molecule has 2 atom stereocenters. The summed E-state index contributed by atoms with van der Waals surface area (Å²) in [5.74, 6) is 0.637. The number of ether oxygens (including phenoxy) is 2. The number of nitrogens with zero attached hydrogens (tertiary/aromatic N) is 1. The van der Waals surface area contributed by atoms with E-state index in [1.54, 1.807) is 0 Å². The third kappa shape index (κ3) is 3.69. The largest absolute Gasteiger partial charge is 0.473 e. The number of hydrogen-bond acceptors (Lipinski definition) is 5. The highest BCUT2D eigenvalue weighted by atomic mass is 35.5. The highest BCUT2D eigenvalue weighted by Gasteiger charge is 2.43. The summed E-state index contributed by atoms with van der Waals surface area (Å²) in [4.78, 5) is 7.99. The number of nitrogens with one attached hydrogen (secondary N) is 1. The molecule has 0 spiro atoms. The minimum Gasteiger partial charge on any atom is -0.473 e. The molecule has 1 aromatic carbocycles. The van der Waals surface area contributed by atoms with Gasteiger partial charge in [0, 0.05) is 30.1 Å².